The van der Waals surface area contributed by atoms with Crippen molar-refractivity contribution in [2.24, 2.45) is 0 Å². The monoisotopic (exact) mass is 540 g/mol. The molecule has 0 rings (SSSR count). The Balaban J connectivity index is 0. The maximum atomic E-state index is 4.83. The molecule has 29 heavy (non-hydrogen) atoms. The number of hydrogen-bond acceptors (Lipinski definition) is 1. The van der Waals surface area contributed by atoms with Gasteiger partial charge in [0.1, 0.15) is 0 Å². The van der Waals surface area contributed by atoms with Crippen LogP contribution in [0.15, 0.2) is 0 Å². The molecule has 0 saturated carbocycles. The van der Waals surface area contributed by atoms with E-state index in [0.29, 0.717) is 0 Å². The van der Waals surface area contributed by atoms with Crippen LogP contribution in [0.3, 0.4) is 0 Å². The first-order valence-corrected chi connectivity index (χ1v) is 14.9. The third kappa shape index (κ3) is 36.6. The van der Waals surface area contributed by atoms with Gasteiger partial charge >= 0.3 is 0 Å². The third-order valence-corrected chi connectivity index (χ3v) is 6.45. The summed E-state index contributed by atoms with van der Waals surface area (Å²) in [5, 5.41) is 1.18. The average Bonchev–Trinajstić information content (AvgIpc) is 2.74. The van der Waals surface area contributed by atoms with Crippen LogP contribution in [0.4, 0.5) is 0 Å². The molecule has 0 saturated heterocycles. The Bertz CT molecular complexity index is 225. The van der Waals surface area contributed by atoms with Crippen molar-refractivity contribution in [2.75, 3.05) is 11.9 Å². The largest absolute Gasteiger partial charge is 0.308 e. The quantitative estimate of drug-likeness (QED) is 0.0922. The van der Waals surface area contributed by atoms with Gasteiger partial charge in [-0.2, -0.15) is 0 Å². The van der Waals surface area contributed by atoms with Crippen LogP contribution in [0.1, 0.15) is 155 Å². The Hall–Kier alpha value is 0.920. The molecular formula is C26H54Br2O. The van der Waals surface area contributed by atoms with Gasteiger partial charge < -0.3 is 3.83 Å². The second-order valence-corrected chi connectivity index (χ2v) is 9.82. The van der Waals surface area contributed by atoms with Gasteiger partial charge in [-0.3, -0.25) is 0 Å². The fourth-order valence-electron chi connectivity index (χ4n) is 3.58. The van der Waals surface area contributed by atoms with Crippen molar-refractivity contribution in [2.45, 2.75) is 155 Å². The molecule has 0 N–H and O–H groups in total. The zero-order chi connectivity index (χ0) is 21.7. The van der Waals surface area contributed by atoms with Crippen molar-refractivity contribution >= 4 is 32.2 Å². The van der Waals surface area contributed by atoms with Gasteiger partial charge in [0.15, 0.2) is 0 Å². The second kappa shape index (κ2) is 33.6. The molecule has 0 fully saturated rings. The molecule has 0 amide bonds. The molecule has 0 bridgehead atoms. The van der Waals surface area contributed by atoms with E-state index < -0.39 is 0 Å². The Morgan fingerprint density at radius 2 is 0.690 bits per heavy atom. The van der Waals surface area contributed by atoms with Crippen LogP contribution in [0.25, 0.3) is 0 Å². The molecule has 0 atom stereocenters. The molecule has 3 heteroatoms. The molecule has 0 unspecified atom stereocenters. The highest BCUT2D eigenvalue weighted by Crippen LogP contribution is 2.12. The summed E-state index contributed by atoms with van der Waals surface area (Å²) in [6.45, 7) is 5.41. The molecule has 0 aliphatic rings. The average molecular weight is 543 g/mol. The summed E-state index contributed by atoms with van der Waals surface area (Å²) in [4.78, 5) is 0. The fourth-order valence-corrected chi connectivity index (χ4v) is 4.20. The molecule has 0 spiro atoms. The first kappa shape index (κ1) is 32.1. The smallest absolute Gasteiger partial charge is 0.0987 e. The molecule has 1 nitrogen and oxygen atoms in total. The second-order valence-electron chi connectivity index (χ2n) is 8.57. The van der Waals surface area contributed by atoms with E-state index in [9.17, 15) is 0 Å². The third-order valence-electron chi connectivity index (χ3n) is 5.56. The lowest BCUT2D eigenvalue weighted by Gasteiger charge is -2.01. The van der Waals surface area contributed by atoms with Gasteiger partial charge in [0.05, 0.1) is 22.9 Å². The first-order valence-electron chi connectivity index (χ1n) is 13.1. The van der Waals surface area contributed by atoms with Crippen LogP contribution in [-0.4, -0.2) is 11.9 Å². The molecule has 0 aromatic carbocycles. The number of alkyl halides is 1. The van der Waals surface area contributed by atoms with Crippen LogP contribution in [0.2, 0.25) is 0 Å². The van der Waals surface area contributed by atoms with E-state index in [4.69, 9.17) is 3.83 Å². The van der Waals surface area contributed by atoms with Crippen LogP contribution in [-0.2, 0) is 3.83 Å². The molecule has 0 aliphatic heterocycles. The van der Waals surface area contributed by atoms with E-state index in [1.54, 1.807) is 0 Å². The lowest BCUT2D eigenvalue weighted by atomic mass is 10.1. The van der Waals surface area contributed by atoms with E-state index in [2.05, 4.69) is 46.0 Å². The zero-order valence-corrected chi connectivity index (χ0v) is 23.3. The maximum absolute atomic E-state index is 4.83. The van der Waals surface area contributed by atoms with Crippen molar-refractivity contribution in [3.05, 3.63) is 0 Å². The molecule has 178 valence electrons. The highest BCUT2D eigenvalue weighted by molar-refractivity contribution is 9.09. The molecule has 0 heterocycles. The number of hydrogen-bond donors (Lipinski definition) is 0. The number of unbranched alkanes of at least 4 members (excludes halogenated alkanes) is 20. The van der Waals surface area contributed by atoms with Crippen LogP contribution in [0.5, 0.6) is 0 Å². The summed E-state index contributed by atoms with van der Waals surface area (Å²) in [7, 11) is 0. The van der Waals surface area contributed by atoms with Gasteiger partial charge in [-0.05, 0) is 12.8 Å². The Morgan fingerprint density at radius 1 is 0.414 bits per heavy atom. The lowest BCUT2D eigenvalue weighted by Crippen LogP contribution is -1.85. The molecule has 0 radical (unpaired) electrons. The van der Waals surface area contributed by atoms with Crippen LogP contribution >= 0.6 is 32.2 Å². The van der Waals surface area contributed by atoms with E-state index >= 15 is 0 Å². The minimum atomic E-state index is 0.858. The molecular weight excluding hydrogens is 488 g/mol. The van der Waals surface area contributed by atoms with Gasteiger partial charge in [-0.25, -0.2) is 0 Å². The van der Waals surface area contributed by atoms with E-state index in [1.165, 1.54) is 147 Å². The predicted octanol–water partition coefficient (Wildman–Crippen LogP) is 11.3. The van der Waals surface area contributed by atoms with Crippen molar-refractivity contribution in [3.63, 3.8) is 0 Å². The molecule has 0 aromatic rings. The molecule has 0 aliphatic carbocycles. The van der Waals surface area contributed by atoms with Crippen molar-refractivity contribution < 1.29 is 3.83 Å². The maximum Gasteiger partial charge on any atom is 0.0987 e. The number of halogens is 2. The van der Waals surface area contributed by atoms with Crippen molar-refractivity contribution in [1.29, 1.82) is 0 Å². The summed E-state index contributed by atoms with van der Waals surface area (Å²) < 4.78 is 4.83. The highest BCUT2D eigenvalue weighted by atomic mass is 79.9. The predicted molar refractivity (Wildman–Crippen MR) is 142 cm³/mol. The summed E-state index contributed by atoms with van der Waals surface area (Å²) in [5.74, 6) is 0. The highest BCUT2D eigenvalue weighted by Gasteiger charge is 1.93. The van der Waals surface area contributed by atoms with E-state index in [0.717, 1.165) is 6.61 Å². The molecule has 0 aromatic heterocycles. The van der Waals surface area contributed by atoms with E-state index in [1.807, 2.05) is 0 Å². The van der Waals surface area contributed by atoms with Gasteiger partial charge in [-0.15, -0.1) is 0 Å². The topological polar surface area (TPSA) is 9.23 Å². The van der Waals surface area contributed by atoms with E-state index in [-0.39, 0.29) is 0 Å². The summed E-state index contributed by atoms with van der Waals surface area (Å²) in [6.07, 6.45) is 31.1. The summed E-state index contributed by atoms with van der Waals surface area (Å²) in [6, 6.07) is 0. The van der Waals surface area contributed by atoms with Crippen LogP contribution in [0, 0.1) is 0 Å². The lowest BCUT2D eigenvalue weighted by molar-refractivity contribution is 0.374. The Kier molecular flexibility index (Phi) is 37.1. The van der Waals surface area contributed by atoms with Gasteiger partial charge in [0.25, 0.3) is 0 Å². The Morgan fingerprint density at radius 3 is 0.966 bits per heavy atom. The Labute approximate surface area is 202 Å². The number of rotatable bonds is 23. The summed E-state index contributed by atoms with van der Waals surface area (Å²) in [5.41, 5.74) is 0. The first-order chi connectivity index (χ1) is 14.3. The normalized spacial score (nSPS) is 10.8. The van der Waals surface area contributed by atoms with Gasteiger partial charge in [-0.1, -0.05) is 158 Å². The van der Waals surface area contributed by atoms with Crippen LogP contribution < -0.4 is 0 Å². The minimum absolute atomic E-state index is 0.858. The van der Waals surface area contributed by atoms with Gasteiger partial charge in [0.2, 0.25) is 0 Å². The SMILES string of the molecule is CCCCCCCCCCCCCCBr.CCCCCCCCCCCCOBr. The minimum Gasteiger partial charge on any atom is -0.308 e. The standard InChI is InChI=1S/C14H29Br.C12H25BrO/c1-2-3-4-5-6-7-8-9-10-11-12-13-14-15;1-2-3-4-5-6-7-8-9-10-11-12-14-13/h2-14H2,1H3;2-12H2,1H3. The fraction of sp³-hybridized carbons (Fsp3) is 1.00. The van der Waals surface area contributed by atoms with Crippen molar-refractivity contribution in [1.82, 2.24) is 0 Å². The van der Waals surface area contributed by atoms with Gasteiger partial charge in [0, 0.05) is 5.33 Å². The van der Waals surface area contributed by atoms with Crippen molar-refractivity contribution in [3.8, 4) is 0 Å². The summed E-state index contributed by atoms with van der Waals surface area (Å²) >= 11 is 6.44. The zero-order valence-electron chi connectivity index (χ0n) is 20.1.